The average molecular weight is 560 g/mol. The zero-order chi connectivity index (χ0) is 28.7. The fourth-order valence-electron chi connectivity index (χ4n) is 5.25. The number of halogens is 3. The van der Waals surface area contributed by atoms with E-state index in [9.17, 15) is 23.1 Å². The summed E-state index contributed by atoms with van der Waals surface area (Å²) >= 11 is 0. The van der Waals surface area contributed by atoms with E-state index in [0.29, 0.717) is 39.7 Å². The number of fused-ring (bicyclic) bond motifs is 1. The van der Waals surface area contributed by atoms with Gasteiger partial charge in [0.25, 0.3) is 5.91 Å². The van der Waals surface area contributed by atoms with Crippen molar-refractivity contribution in [2.24, 2.45) is 7.05 Å². The third kappa shape index (κ3) is 4.97. The molecule has 3 aromatic heterocycles. The molecule has 12 heteroatoms. The van der Waals surface area contributed by atoms with E-state index in [0.717, 1.165) is 6.07 Å². The Bertz CT molecular complexity index is 1740. The van der Waals surface area contributed by atoms with E-state index in [-0.39, 0.29) is 43.3 Å². The van der Waals surface area contributed by atoms with Crippen LogP contribution in [0.3, 0.4) is 0 Å². The summed E-state index contributed by atoms with van der Waals surface area (Å²) in [5.74, 6) is -2.35. The van der Waals surface area contributed by atoms with Crippen molar-refractivity contribution in [1.82, 2.24) is 34.4 Å². The second kappa shape index (κ2) is 10.3. The lowest BCUT2D eigenvalue weighted by atomic mass is 9.89. The number of benzene rings is 2. The monoisotopic (exact) mass is 559 g/mol. The molecule has 1 aliphatic rings. The van der Waals surface area contributed by atoms with Crippen LogP contribution in [0.5, 0.6) is 0 Å². The molecule has 0 bridgehead atoms. The summed E-state index contributed by atoms with van der Waals surface area (Å²) in [5, 5.41) is 20.2. The molecule has 208 valence electrons. The molecule has 0 saturated heterocycles. The number of amides is 1. The summed E-state index contributed by atoms with van der Waals surface area (Å²) < 4.78 is 45.0. The molecule has 1 unspecified atom stereocenters. The third-order valence-corrected chi connectivity index (χ3v) is 7.23. The maximum atomic E-state index is 14.8. The van der Waals surface area contributed by atoms with Crippen LogP contribution in [0.15, 0.2) is 73.6 Å². The van der Waals surface area contributed by atoms with Crippen LogP contribution in [0.2, 0.25) is 0 Å². The van der Waals surface area contributed by atoms with Crippen LogP contribution in [0.4, 0.5) is 13.2 Å². The lowest BCUT2D eigenvalue weighted by molar-refractivity contribution is -0.00451. The number of nitrogens with zero attached hydrogens (tertiary/aromatic N) is 7. The van der Waals surface area contributed by atoms with E-state index >= 15 is 0 Å². The van der Waals surface area contributed by atoms with Crippen molar-refractivity contribution >= 4 is 5.91 Å². The van der Waals surface area contributed by atoms with Crippen molar-refractivity contribution in [1.29, 1.82) is 0 Å². The van der Waals surface area contributed by atoms with Crippen molar-refractivity contribution in [2.75, 3.05) is 6.54 Å². The maximum Gasteiger partial charge on any atom is 0.256 e. The molecule has 0 spiro atoms. The van der Waals surface area contributed by atoms with Gasteiger partial charge in [-0.3, -0.25) is 14.5 Å². The van der Waals surface area contributed by atoms with E-state index in [1.54, 1.807) is 42.3 Å². The fourth-order valence-corrected chi connectivity index (χ4v) is 5.25. The Morgan fingerprint density at radius 3 is 2.54 bits per heavy atom. The van der Waals surface area contributed by atoms with Crippen LogP contribution < -0.4 is 0 Å². The number of hydrogen-bond acceptors (Lipinski definition) is 6. The second-order valence-electron chi connectivity index (χ2n) is 9.98. The summed E-state index contributed by atoms with van der Waals surface area (Å²) in [7, 11) is 1.76. The number of rotatable bonds is 8. The van der Waals surface area contributed by atoms with Gasteiger partial charge in [0.15, 0.2) is 0 Å². The molecule has 9 nitrogen and oxygen atoms in total. The first-order chi connectivity index (χ1) is 19.7. The molecule has 1 N–H and O–H groups in total. The SMILES string of the molecule is Cn1cc(-c2ccnc3c2C(=O)N(CCC(O)(Cn2cncn2)c2ccc(F)cc2F)C3)c(-c2ccc(F)cc2)n1. The molecule has 6 rings (SSSR count). The highest BCUT2D eigenvalue weighted by Gasteiger charge is 2.37. The van der Waals surface area contributed by atoms with Gasteiger partial charge in [-0.05, 0) is 42.8 Å². The Balaban J connectivity index is 1.30. The zero-order valence-electron chi connectivity index (χ0n) is 21.9. The highest BCUT2D eigenvalue weighted by molar-refractivity contribution is 6.05. The minimum absolute atomic E-state index is 0.0501. The highest BCUT2D eigenvalue weighted by Crippen LogP contribution is 2.38. The average Bonchev–Trinajstić information content (AvgIpc) is 3.67. The van der Waals surface area contributed by atoms with Gasteiger partial charge in [0.1, 0.15) is 41.4 Å². The van der Waals surface area contributed by atoms with Crippen LogP contribution in [0.25, 0.3) is 22.4 Å². The predicted octanol–water partition coefficient (Wildman–Crippen LogP) is 4.09. The van der Waals surface area contributed by atoms with Crippen LogP contribution in [0.1, 0.15) is 28.0 Å². The molecule has 0 saturated carbocycles. The van der Waals surface area contributed by atoms with E-state index < -0.39 is 17.2 Å². The van der Waals surface area contributed by atoms with Gasteiger partial charge >= 0.3 is 0 Å². The molecule has 5 aromatic rings. The fraction of sp³-hybridized carbons (Fsp3) is 0.207. The van der Waals surface area contributed by atoms with Crippen molar-refractivity contribution in [3.63, 3.8) is 0 Å². The number of carbonyl (C=O) groups excluding carboxylic acids is 1. The Labute approximate surface area is 232 Å². The highest BCUT2D eigenvalue weighted by atomic mass is 19.1. The quantitative estimate of drug-likeness (QED) is 0.307. The summed E-state index contributed by atoms with van der Waals surface area (Å²) in [6.45, 7) is 0.0682. The normalized spacial score (nSPS) is 14.4. The molecule has 41 heavy (non-hydrogen) atoms. The van der Waals surface area contributed by atoms with Crippen LogP contribution >= 0.6 is 0 Å². The Morgan fingerprint density at radius 1 is 1.02 bits per heavy atom. The molecule has 1 aliphatic heterocycles. The Kier molecular flexibility index (Phi) is 6.62. The first-order valence-electron chi connectivity index (χ1n) is 12.8. The van der Waals surface area contributed by atoms with Gasteiger partial charge in [-0.2, -0.15) is 10.2 Å². The van der Waals surface area contributed by atoms with Crippen LogP contribution in [-0.2, 0) is 25.7 Å². The van der Waals surface area contributed by atoms with Gasteiger partial charge in [0.05, 0.1) is 24.3 Å². The Hall–Kier alpha value is -4.84. The van der Waals surface area contributed by atoms with Gasteiger partial charge < -0.3 is 10.0 Å². The molecular formula is C29H24F3N7O2. The maximum absolute atomic E-state index is 14.8. The number of pyridine rings is 1. The van der Waals surface area contributed by atoms with Crippen molar-refractivity contribution in [2.45, 2.75) is 25.1 Å². The van der Waals surface area contributed by atoms with Gasteiger partial charge in [-0.25, -0.2) is 22.8 Å². The Morgan fingerprint density at radius 2 is 1.80 bits per heavy atom. The van der Waals surface area contributed by atoms with E-state index in [4.69, 9.17) is 0 Å². The molecule has 4 heterocycles. The van der Waals surface area contributed by atoms with E-state index in [2.05, 4.69) is 20.2 Å². The molecular weight excluding hydrogens is 535 g/mol. The van der Waals surface area contributed by atoms with Crippen molar-refractivity contribution in [3.8, 4) is 22.4 Å². The van der Waals surface area contributed by atoms with Crippen LogP contribution in [-0.4, -0.2) is 52.0 Å². The molecule has 0 fully saturated rings. The number of carbonyl (C=O) groups is 1. The minimum Gasteiger partial charge on any atom is -0.383 e. The lowest BCUT2D eigenvalue weighted by Crippen LogP contribution is -2.38. The molecule has 2 aromatic carbocycles. The van der Waals surface area contributed by atoms with Gasteiger partial charge in [0.2, 0.25) is 0 Å². The van der Waals surface area contributed by atoms with Gasteiger partial charge in [-0.15, -0.1) is 0 Å². The summed E-state index contributed by atoms with van der Waals surface area (Å²) in [4.78, 5) is 23.6. The van der Waals surface area contributed by atoms with Gasteiger partial charge in [-0.1, -0.05) is 6.07 Å². The molecule has 0 radical (unpaired) electrons. The van der Waals surface area contributed by atoms with Crippen molar-refractivity contribution in [3.05, 3.63) is 108 Å². The largest absolute Gasteiger partial charge is 0.383 e. The minimum atomic E-state index is -1.82. The number of aromatic nitrogens is 6. The van der Waals surface area contributed by atoms with Crippen molar-refractivity contribution < 1.29 is 23.1 Å². The first kappa shape index (κ1) is 26.4. The molecule has 0 aliphatic carbocycles. The predicted molar refractivity (Wildman–Crippen MR) is 141 cm³/mol. The number of hydrogen-bond donors (Lipinski definition) is 1. The second-order valence-corrected chi connectivity index (χ2v) is 9.98. The smallest absolute Gasteiger partial charge is 0.256 e. The number of aliphatic hydroxyl groups is 1. The van der Waals surface area contributed by atoms with E-state index in [1.165, 1.54) is 40.4 Å². The van der Waals surface area contributed by atoms with Gasteiger partial charge in [0, 0.05) is 54.3 Å². The summed E-state index contributed by atoms with van der Waals surface area (Å²) in [5.41, 5.74) is 1.59. The summed E-state index contributed by atoms with van der Waals surface area (Å²) in [6.07, 6.45) is 6.00. The third-order valence-electron chi connectivity index (χ3n) is 7.23. The molecule has 1 amide bonds. The first-order valence-corrected chi connectivity index (χ1v) is 12.8. The zero-order valence-corrected chi connectivity index (χ0v) is 21.9. The van der Waals surface area contributed by atoms with E-state index in [1.807, 2.05) is 0 Å². The summed E-state index contributed by atoms with van der Waals surface area (Å²) in [6, 6.07) is 10.7. The topological polar surface area (TPSA) is 102 Å². The lowest BCUT2D eigenvalue weighted by Gasteiger charge is -2.30. The van der Waals surface area contributed by atoms with Crippen LogP contribution in [0, 0.1) is 17.5 Å². The molecule has 1 atom stereocenters. The standard InChI is InChI=1S/C29H24F3N7O2/c1-37-13-22(27(36-37)18-2-4-19(30)5-3-18)21-8-10-34-25-14-38(28(40)26(21)25)11-9-29(41,15-39-17-33-16-35-39)23-7-6-20(31)12-24(23)32/h2-8,10,12-13,16-17,41H,9,11,14-15H2,1H3. The number of aryl methyl sites for hydroxylation is 1.